The van der Waals surface area contributed by atoms with Crippen molar-refractivity contribution in [2.24, 2.45) is 11.8 Å². The van der Waals surface area contributed by atoms with Crippen LogP contribution in [0.2, 0.25) is 0 Å². The van der Waals surface area contributed by atoms with Crippen molar-refractivity contribution in [1.29, 1.82) is 0 Å². The van der Waals surface area contributed by atoms with Gasteiger partial charge in [-0.25, -0.2) is 0 Å². The molecule has 2 rings (SSSR count). The molecule has 1 fully saturated rings. The van der Waals surface area contributed by atoms with E-state index < -0.39 is 0 Å². The van der Waals surface area contributed by atoms with Crippen LogP contribution in [-0.4, -0.2) is 18.1 Å². The molecule has 18 heavy (non-hydrogen) atoms. The maximum Gasteiger partial charge on any atom is 0.0892 e. The second-order valence-electron chi connectivity index (χ2n) is 5.49. The Morgan fingerprint density at radius 1 is 1.33 bits per heavy atom. The molecule has 100 valence electrons. The number of nitrogens with one attached hydrogen (secondary N) is 1. The van der Waals surface area contributed by atoms with Crippen molar-refractivity contribution in [3.8, 4) is 0 Å². The van der Waals surface area contributed by atoms with E-state index in [0.717, 1.165) is 23.2 Å². The van der Waals surface area contributed by atoms with E-state index in [1.807, 2.05) is 19.3 Å². The van der Waals surface area contributed by atoms with Crippen LogP contribution in [0, 0.1) is 11.8 Å². The molecule has 0 aliphatic heterocycles. The fourth-order valence-corrected chi connectivity index (χ4v) is 2.57. The molecule has 3 atom stereocenters. The Balaban J connectivity index is 1.84. The normalized spacial score (nSPS) is 28.1. The van der Waals surface area contributed by atoms with Gasteiger partial charge in [-0.05, 0) is 43.2 Å². The van der Waals surface area contributed by atoms with Gasteiger partial charge in [0.05, 0.1) is 18.4 Å². The number of ether oxygens (including phenoxy) is 1. The van der Waals surface area contributed by atoms with E-state index in [0.29, 0.717) is 12.7 Å². The van der Waals surface area contributed by atoms with Gasteiger partial charge in [0.2, 0.25) is 0 Å². The first-order valence-corrected chi connectivity index (χ1v) is 6.93. The third-order valence-electron chi connectivity index (χ3n) is 4.12. The molecule has 0 amide bonds. The maximum atomic E-state index is 6.00. The first-order chi connectivity index (χ1) is 8.69. The van der Waals surface area contributed by atoms with Crippen LogP contribution in [0.5, 0.6) is 0 Å². The van der Waals surface area contributed by atoms with Crippen molar-refractivity contribution in [1.82, 2.24) is 4.98 Å². The summed E-state index contributed by atoms with van der Waals surface area (Å²) in [6.45, 7) is 5.31. The van der Waals surface area contributed by atoms with Crippen LogP contribution in [0.1, 0.15) is 38.8 Å². The Bertz CT molecular complexity index is 381. The van der Waals surface area contributed by atoms with Gasteiger partial charge in [0.1, 0.15) is 0 Å². The quantitative estimate of drug-likeness (QED) is 0.886. The zero-order valence-electron chi connectivity index (χ0n) is 11.6. The van der Waals surface area contributed by atoms with Gasteiger partial charge in [0.15, 0.2) is 0 Å². The number of aromatic nitrogens is 1. The van der Waals surface area contributed by atoms with Gasteiger partial charge in [-0.2, -0.15) is 0 Å². The van der Waals surface area contributed by atoms with Gasteiger partial charge < -0.3 is 10.1 Å². The highest BCUT2D eigenvalue weighted by molar-refractivity contribution is 5.42. The highest BCUT2D eigenvalue weighted by Crippen LogP contribution is 2.31. The van der Waals surface area contributed by atoms with Crippen LogP contribution < -0.4 is 5.32 Å². The average molecular weight is 248 g/mol. The average Bonchev–Trinajstić information content (AvgIpc) is 2.40. The molecule has 0 saturated heterocycles. The lowest BCUT2D eigenvalue weighted by atomic mass is 9.80. The van der Waals surface area contributed by atoms with E-state index in [9.17, 15) is 0 Å². The lowest BCUT2D eigenvalue weighted by Gasteiger charge is -2.31. The highest BCUT2D eigenvalue weighted by Gasteiger charge is 2.24. The van der Waals surface area contributed by atoms with Gasteiger partial charge >= 0.3 is 0 Å². The number of rotatable bonds is 4. The Morgan fingerprint density at radius 3 is 2.89 bits per heavy atom. The minimum Gasteiger partial charge on any atom is -0.388 e. The topological polar surface area (TPSA) is 34.2 Å². The maximum absolute atomic E-state index is 6.00. The van der Waals surface area contributed by atoms with Crippen LogP contribution in [0.25, 0.3) is 0 Å². The van der Waals surface area contributed by atoms with Crippen molar-refractivity contribution < 1.29 is 4.74 Å². The van der Waals surface area contributed by atoms with Crippen molar-refractivity contribution in [3.63, 3.8) is 0 Å². The van der Waals surface area contributed by atoms with E-state index in [1.165, 1.54) is 19.3 Å². The third kappa shape index (κ3) is 3.45. The van der Waals surface area contributed by atoms with Crippen LogP contribution in [-0.2, 0) is 11.3 Å². The standard InChI is InChI=1S/C15H24N2O/c1-11-4-5-15(8-12(11)2)18-10-14-9-13(16-3)6-7-17-14/h6-7,9,11-12,15H,4-5,8,10H2,1-3H3,(H,16,17). The second kappa shape index (κ2) is 6.19. The summed E-state index contributed by atoms with van der Waals surface area (Å²) in [6.07, 6.45) is 5.91. The molecule has 3 unspecified atom stereocenters. The number of nitrogens with zero attached hydrogens (tertiary/aromatic N) is 1. The summed E-state index contributed by atoms with van der Waals surface area (Å²) in [7, 11) is 1.92. The monoisotopic (exact) mass is 248 g/mol. The molecule has 1 N–H and O–H groups in total. The molecule has 1 aliphatic carbocycles. The lowest BCUT2D eigenvalue weighted by molar-refractivity contribution is -0.00873. The van der Waals surface area contributed by atoms with Crippen molar-refractivity contribution in [3.05, 3.63) is 24.0 Å². The third-order valence-corrected chi connectivity index (χ3v) is 4.12. The van der Waals surface area contributed by atoms with E-state index in [-0.39, 0.29) is 0 Å². The minimum absolute atomic E-state index is 0.413. The number of pyridine rings is 1. The molecule has 0 bridgehead atoms. The molecule has 1 aromatic rings. The van der Waals surface area contributed by atoms with Crippen LogP contribution in [0.4, 0.5) is 5.69 Å². The molecule has 1 saturated carbocycles. The Hall–Kier alpha value is -1.09. The van der Waals surface area contributed by atoms with Gasteiger partial charge in [-0.15, -0.1) is 0 Å². The van der Waals surface area contributed by atoms with Crippen molar-refractivity contribution in [2.75, 3.05) is 12.4 Å². The molecule has 0 radical (unpaired) electrons. The minimum atomic E-state index is 0.413. The van der Waals surface area contributed by atoms with E-state index in [1.54, 1.807) is 0 Å². The Kier molecular flexibility index (Phi) is 4.59. The van der Waals surface area contributed by atoms with Crippen molar-refractivity contribution >= 4 is 5.69 Å². The summed E-state index contributed by atoms with van der Waals surface area (Å²) in [5.41, 5.74) is 2.10. The van der Waals surface area contributed by atoms with Crippen LogP contribution in [0.15, 0.2) is 18.3 Å². The lowest BCUT2D eigenvalue weighted by Crippen LogP contribution is -2.26. The summed E-state index contributed by atoms with van der Waals surface area (Å²) in [4.78, 5) is 4.34. The van der Waals surface area contributed by atoms with Crippen LogP contribution in [0.3, 0.4) is 0 Å². The molecule has 0 spiro atoms. The number of hydrogen-bond acceptors (Lipinski definition) is 3. The molecular formula is C15H24N2O. The number of hydrogen-bond donors (Lipinski definition) is 1. The predicted molar refractivity (Wildman–Crippen MR) is 74.5 cm³/mol. The fraction of sp³-hybridized carbons (Fsp3) is 0.667. The molecule has 1 aliphatic rings. The second-order valence-corrected chi connectivity index (χ2v) is 5.49. The summed E-state index contributed by atoms with van der Waals surface area (Å²) in [5, 5.41) is 3.12. The molecular weight excluding hydrogens is 224 g/mol. The first kappa shape index (κ1) is 13.3. The Labute approximate surface area is 110 Å². The van der Waals surface area contributed by atoms with Gasteiger partial charge in [0.25, 0.3) is 0 Å². The smallest absolute Gasteiger partial charge is 0.0892 e. The van der Waals surface area contributed by atoms with Crippen LogP contribution >= 0.6 is 0 Å². The summed E-state index contributed by atoms with van der Waals surface area (Å²) in [5.74, 6) is 1.62. The summed E-state index contributed by atoms with van der Waals surface area (Å²) in [6, 6.07) is 4.02. The van der Waals surface area contributed by atoms with Gasteiger partial charge in [-0.3, -0.25) is 4.98 Å². The Morgan fingerprint density at radius 2 is 2.17 bits per heavy atom. The van der Waals surface area contributed by atoms with E-state index in [2.05, 4.69) is 30.2 Å². The zero-order chi connectivity index (χ0) is 13.0. The van der Waals surface area contributed by atoms with E-state index in [4.69, 9.17) is 4.74 Å². The van der Waals surface area contributed by atoms with Gasteiger partial charge in [-0.1, -0.05) is 13.8 Å². The molecule has 0 aromatic carbocycles. The SMILES string of the molecule is CNc1ccnc(COC2CCC(C)C(C)C2)c1. The van der Waals surface area contributed by atoms with Crippen molar-refractivity contribution in [2.45, 2.75) is 45.8 Å². The molecule has 1 aromatic heterocycles. The summed E-state index contributed by atoms with van der Waals surface area (Å²) < 4.78 is 6.00. The zero-order valence-corrected chi connectivity index (χ0v) is 11.6. The largest absolute Gasteiger partial charge is 0.388 e. The molecule has 3 heteroatoms. The highest BCUT2D eigenvalue weighted by atomic mass is 16.5. The van der Waals surface area contributed by atoms with Gasteiger partial charge in [0, 0.05) is 18.9 Å². The summed E-state index contributed by atoms with van der Waals surface area (Å²) >= 11 is 0. The molecule has 1 heterocycles. The predicted octanol–water partition coefficient (Wildman–Crippen LogP) is 3.46. The molecule has 3 nitrogen and oxygen atoms in total. The fourth-order valence-electron chi connectivity index (χ4n) is 2.57. The first-order valence-electron chi connectivity index (χ1n) is 6.93. The number of anilines is 1. The van der Waals surface area contributed by atoms with E-state index >= 15 is 0 Å².